The number of carbonyl (C=O) groups is 2. The van der Waals surface area contributed by atoms with Crippen molar-refractivity contribution in [2.24, 2.45) is 0 Å². The van der Waals surface area contributed by atoms with Crippen LogP contribution in [0.1, 0.15) is 26.4 Å². The lowest BCUT2D eigenvalue weighted by Gasteiger charge is -2.35. The zero-order valence-corrected chi connectivity index (χ0v) is 12.2. The monoisotopic (exact) mass is 300 g/mol. The van der Waals surface area contributed by atoms with Crippen molar-refractivity contribution in [3.63, 3.8) is 0 Å². The van der Waals surface area contributed by atoms with Crippen LogP contribution in [-0.2, 0) is 4.76 Å². The summed E-state index contributed by atoms with van der Waals surface area (Å²) < 4.78 is 21.5. The molecule has 1 atom stereocenters. The molecule has 0 bridgehead atoms. The second-order valence-electron chi connectivity index (χ2n) is 5.28. The van der Waals surface area contributed by atoms with Crippen LogP contribution in [0.4, 0.5) is 4.32 Å². The van der Waals surface area contributed by atoms with Gasteiger partial charge in [-0.3, -0.25) is 9.86 Å². The average Bonchev–Trinajstić information content (AvgIpc) is 2.53. The highest BCUT2D eigenvalue weighted by Crippen LogP contribution is 2.20. The molecule has 7 heteroatoms. The standard InChI is InChI=1S/C15H14BFN2O3/c1-11-6-8-12(9-7-11)14(20)16(17)19-10-4-3-5-13(19)15(21)18(2)22-16/h3-10H,1-2H3/t16-/m0/s1. The number of halogens is 1. The molecular weight excluding hydrogens is 286 g/mol. The Morgan fingerprint density at radius 2 is 1.91 bits per heavy atom. The molecule has 0 radical (unpaired) electrons. The van der Waals surface area contributed by atoms with E-state index in [0.29, 0.717) is 0 Å². The van der Waals surface area contributed by atoms with Gasteiger partial charge in [0.2, 0.25) is 5.69 Å². The molecule has 2 aromatic rings. The van der Waals surface area contributed by atoms with Crippen molar-refractivity contribution in [2.45, 2.75) is 6.92 Å². The van der Waals surface area contributed by atoms with E-state index in [1.807, 2.05) is 6.92 Å². The number of benzene rings is 1. The van der Waals surface area contributed by atoms with Gasteiger partial charge in [-0.15, -0.1) is 0 Å². The first kappa shape index (κ1) is 14.4. The number of pyridine rings is 1. The Hall–Kier alpha value is -2.54. The number of hydroxylamine groups is 2. The Kier molecular flexibility index (Phi) is 3.29. The van der Waals surface area contributed by atoms with E-state index < -0.39 is 18.4 Å². The Labute approximate surface area is 126 Å². The minimum atomic E-state index is -3.58. The summed E-state index contributed by atoms with van der Waals surface area (Å²) in [5.41, 5.74) is 0.413. The first-order chi connectivity index (χ1) is 10.4. The predicted molar refractivity (Wildman–Crippen MR) is 77.6 cm³/mol. The van der Waals surface area contributed by atoms with Crippen molar-refractivity contribution in [3.05, 3.63) is 65.5 Å². The first-order valence-corrected chi connectivity index (χ1v) is 6.85. The highest BCUT2D eigenvalue weighted by Gasteiger charge is 2.56. The predicted octanol–water partition coefficient (Wildman–Crippen LogP) is 1.48. The molecule has 1 aromatic heterocycles. The fourth-order valence-corrected chi connectivity index (χ4v) is 2.49. The molecule has 0 saturated heterocycles. The van der Waals surface area contributed by atoms with Crippen LogP contribution in [-0.4, -0.2) is 30.5 Å². The molecular formula is C15H14BFN2O3. The van der Waals surface area contributed by atoms with Gasteiger partial charge in [0.15, 0.2) is 5.68 Å². The highest BCUT2D eigenvalue weighted by molar-refractivity contribution is 6.93. The Morgan fingerprint density at radius 3 is 2.59 bits per heavy atom. The first-order valence-electron chi connectivity index (χ1n) is 6.85. The van der Waals surface area contributed by atoms with Crippen molar-refractivity contribution < 1.29 is 23.1 Å². The molecule has 0 unspecified atom stereocenters. The van der Waals surface area contributed by atoms with Crippen molar-refractivity contribution in [2.75, 3.05) is 7.05 Å². The van der Waals surface area contributed by atoms with Gasteiger partial charge >= 0.3 is 12.7 Å². The SMILES string of the molecule is Cc1ccc(C(=O)[B@@-]2(F)ON(C)C(=O)c3cccc[n+]32)cc1. The smallest absolute Gasteiger partial charge is 0.408 e. The van der Waals surface area contributed by atoms with Gasteiger partial charge in [-0.1, -0.05) is 29.8 Å². The number of aromatic nitrogens is 1. The van der Waals surface area contributed by atoms with Gasteiger partial charge in [-0.25, -0.2) is 0 Å². The van der Waals surface area contributed by atoms with Gasteiger partial charge in [0.05, 0.1) is 0 Å². The molecule has 0 N–H and O–H groups in total. The Balaban J connectivity index is 2.12. The lowest BCUT2D eigenvalue weighted by Crippen LogP contribution is -2.76. The third kappa shape index (κ3) is 2.10. The lowest BCUT2D eigenvalue weighted by atomic mass is 9.66. The molecule has 0 saturated carbocycles. The Bertz CT molecular complexity index is 766. The molecule has 1 aliphatic rings. The molecule has 1 aliphatic heterocycles. The van der Waals surface area contributed by atoms with Gasteiger partial charge in [0.1, 0.15) is 6.20 Å². The zero-order chi connectivity index (χ0) is 15.9. The van der Waals surface area contributed by atoms with Crippen LogP contribution in [0.5, 0.6) is 0 Å². The van der Waals surface area contributed by atoms with E-state index in [1.165, 1.54) is 19.3 Å². The maximum atomic E-state index is 15.4. The third-order valence-electron chi connectivity index (χ3n) is 3.71. The minimum absolute atomic E-state index is 0.0687. The van der Waals surface area contributed by atoms with E-state index in [9.17, 15) is 9.59 Å². The second kappa shape index (κ2) is 5.03. The van der Waals surface area contributed by atoms with E-state index in [2.05, 4.69) is 0 Å². The number of hydrogen-bond donors (Lipinski definition) is 0. The van der Waals surface area contributed by atoms with Crippen LogP contribution in [0, 0.1) is 6.92 Å². The molecule has 1 aromatic carbocycles. The van der Waals surface area contributed by atoms with Crippen LogP contribution < -0.4 is 4.48 Å². The number of fused-ring (bicyclic) bond motifs is 1. The fourth-order valence-electron chi connectivity index (χ4n) is 2.49. The molecule has 1 amide bonds. The minimum Gasteiger partial charge on any atom is -0.408 e. The number of nitrogens with zero attached hydrogens (tertiary/aromatic N) is 2. The molecule has 22 heavy (non-hydrogen) atoms. The summed E-state index contributed by atoms with van der Waals surface area (Å²) in [4.78, 5) is 24.6. The maximum Gasteiger partial charge on any atom is 0.669 e. The average molecular weight is 300 g/mol. The summed E-state index contributed by atoms with van der Waals surface area (Å²) in [5.74, 6) is -0.507. The van der Waals surface area contributed by atoms with E-state index in [-0.39, 0.29) is 11.3 Å². The van der Waals surface area contributed by atoms with Gasteiger partial charge in [0.25, 0.3) is 0 Å². The lowest BCUT2D eigenvalue weighted by molar-refractivity contribution is -0.582. The molecule has 112 valence electrons. The Morgan fingerprint density at radius 1 is 1.23 bits per heavy atom. The quantitative estimate of drug-likeness (QED) is 0.789. The van der Waals surface area contributed by atoms with E-state index >= 15 is 4.32 Å². The summed E-state index contributed by atoms with van der Waals surface area (Å²) >= 11 is 0. The van der Waals surface area contributed by atoms with E-state index in [1.54, 1.807) is 36.4 Å². The van der Waals surface area contributed by atoms with E-state index in [0.717, 1.165) is 15.1 Å². The number of amides is 1. The topological polar surface area (TPSA) is 50.5 Å². The number of hydrogen-bond acceptors (Lipinski definition) is 3. The molecule has 0 fully saturated rings. The summed E-state index contributed by atoms with van der Waals surface area (Å²) in [6.07, 6.45) is 1.34. The zero-order valence-electron chi connectivity index (χ0n) is 12.2. The summed E-state index contributed by atoms with van der Waals surface area (Å²) in [6.45, 7) is -1.71. The second-order valence-corrected chi connectivity index (χ2v) is 5.28. The number of rotatable bonds is 2. The van der Waals surface area contributed by atoms with Crippen molar-refractivity contribution >= 4 is 18.4 Å². The van der Waals surface area contributed by atoms with Crippen LogP contribution in [0.2, 0.25) is 0 Å². The number of aryl methyl sites for hydroxylation is 1. The fraction of sp³-hybridized carbons (Fsp3) is 0.133. The summed E-state index contributed by atoms with van der Waals surface area (Å²) in [5, 5.41) is 0.765. The normalized spacial score (nSPS) is 20.7. The van der Waals surface area contributed by atoms with Gasteiger partial charge in [-0.2, -0.15) is 0 Å². The highest BCUT2D eigenvalue weighted by atomic mass is 19.1. The van der Waals surface area contributed by atoms with Crippen LogP contribution in [0.15, 0.2) is 48.7 Å². The van der Waals surface area contributed by atoms with E-state index in [4.69, 9.17) is 4.76 Å². The van der Waals surface area contributed by atoms with Gasteiger partial charge < -0.3 is 18.3 Å². The molecule has 0 spiro atoms. The number of carbonyl (C=O) groups excluding carboxylic acids is 2. The van der Waals surface area contributed by atoms with Crippen molar-refractivity contribution in [3.8, 4) is 0 Å². The van der Waals surface area contributed by atoms with Crippen LogP contribution >= 0.6 is 0 Å². The largest absolute Gasteiger partial charge is 0.669 e. The van der Waals surface area contributed by atoms with Crippen LogP contribution in [0.25, 0.3) is 0 Å². The third-order valence-corrected chi connectivity index (χ3v) is 3.71. The van der Waals surface area contributed by atoms with Gasteiger partial charge in [-0.05, 0) is 24.6 Å². The molecule has 3 rings (SSSR count). The molecule has 2 heterocycles. The van der Waals surface area contributed by atoms with Crippen molar-refractivity contribution in [1.82, 2.24) is 5.06 Å². The van der Waals surface area contributed by atoms with Crippen LogP contribution in [0.3, 0.4) is 0 Å². The molecule has 0 aliphatic carbocycles. The molecule has 5 nitrogen and oxygen atoms in total. The summed E-state index contributed by atoms with van der Waals surface area (Å²) in [6, 6.07) is 11.1. The van der Waals surface area contributed by atoms with Crippen molar-refractivity contribution in [1.29, 1.82) is 0 Å². The van der Waals surface area contributed by atoms with Gasteiger partial charge in [0, 0.05) is 13.1 Å². The summed E-state index contributed by atoms with van der Waals surface area (Å²) in [7, 11) is 1.29. The maximum absolute atomic E-state index is 15.4.